The van der Waals surface area contributed by atoms with Gasteiger partial charge in [-0.2, -0.15) is 11.8 Å². The standard InChI is InChI=1S/C13H28S/c1-7-8-9-10-14-13(5,6)11-12(2,3)4/h7-11H2,1-6H3. The maximum absolute atomic E-state index is 2.38. The third kappa shape index (κ3) is 8.93. The van der Waals surface area contributed by atoms with Crippen LogP contribution in [-0.4, -0.2) is 10.5 Å². The zero-order chi connectivity index (χ0) is 11.2. The normalized spacial score (nSPS) is 13.3. The van der Waals surface area contributed by atoms with Crippen molar-refractivity contribution in [3.8, 4) is 0 Å². The van der Waals surface area contributed by atoms with E-state index in [-0.39, 0.29) is 0 Å². The van der Waals surface area contributed by atoms with Gasteiger partial charge in [-0.15, -0.1) is 0 Å². The molecule has 0 rings (SSSR count). The summed E-state index contributed by atoms with van der Waals surface area (Å²) in [5, 5.41) is 0. The average molecular weight is 216 g/mol. The van der Waals surface area contributed by atoms with E-state index < -0.39 is 0 Å². The SMILES string of the molecule is CCCCCSC(C)(C)CC(C)(C)C. The fourth-order valence-electron chi connectivity index (χ4n) is 2.03. The van der Waals surface area contributed by atoms with Crippen molar-refractivity contribution in [1.29, 1.82) is 0 Å². The van der Waals surface area contributed by atoms with Gasteiger partial charge in [-0.1, -0.05) is 54.4 Å². The van der Waals surface area contributed by atoms with Crippen molar-refractivity contribution in [2.75, 3.05) is 5.75 Å². The molecule has 0 aliphatic carbocycles. The molecule has 0 aromatic heterocycles. The van der Waals surface area contributed by atoms with Crippen molar-refractivity contribution < 1.29 is 0 Å². The van der Waals surface area contributed by atoms with Gasteiger partial charge in [0.2, 0.25) is 0 Å². The lowest BCUT2D eigenvalue weighted by molar-refractivity contribution is 0.339. The minimum Gasteiger partial charge on any atom is -0.156 e. The Morgan fingerprint density at radius 2 is 1.50 bits per heavy atom. The summed E-state index contributed by atoms with van der Waals surface area (Å²) < 4.78 is 0.450. The Morgan fingerprint density at radius 1 is 0.929 bits per heavy atom. The van der Waals surface area contributed by atoms with E-state index in [9.17, 15) is 0 Å². The highest BCUT2D eigenvalue weighted by molar-refractivity contribution is 8.00. The summed E-state index contributed by atoms with van der Waals surface area (Å²) in [7, 11) is 0. The molecular formula is C13H28S. The highest BCUT2D eigenvalue weighted by atomic mass is 32.2. The molecule has 0 heterocycles. The van der Waals surface area contributed by atoms with Crippen molar-refractivity contribution in [2.45, 2.75) is 72.0 Å². The Balaban J connectivity index is 3.72. The molecule has 0 N–H and O–H groups in total. The molecule has 0 aliphatic heterocycles. The quantitative estimate of drug-likeness (QED) is 0.555. The monoisotopic (exact) mass is 216 g/mol. The molecule has 0 saturated heterocycles. The lowest BCUT2D eigenvalue weighted by atomic mass is 9.86. The molecule has 0 fully saturated rings. The van der Waals surface area contributed by atoms with E-state index in [2.05, 4.69) is 53.3 Å². The summed E-state index contributed by atoms with van der Waals surface area (Å²) in [6.45, 7) is 14.0. The van der Waals surface area contributed by atoms with Gasteiger partial charge in [0.05, 0.1) is 0 Å². The van der Waals surface area contributed by atoms with Crippen molar-refractivity contribution in [1.82, 2.24) is 0 Å². The number of thioether (sulfide) groups is 1. The second kappa shape index (κ2) is 6.05. The van der Waals surface area contributed by atoms with Gasteiger partial charge >= 0.3 is 0 Å². The van der Waals surface area contributed by atoms with Crippen LogP contribution in [0.4, 0.5) is 0 Å². The molecule has 1 heteroatoms. The van der Waals surface area contributed by atoms with E-state index >= 15 is 0 Å². The highest BCUT2D eigenvalue weighted by Gasteiger charge is 2.25. The Kier molecular flexibility index (Phi) is 6.20. The van der Waals surface area contributed by atoms with Gasteiger partial charge < -0.3 is 0 Å². The zero-order valence-corrected chi connectivity index (χ0v) is 11.8. The molecule has 0 spiro atoms. The number of rotatable bonds is 6. The predicted octanol–water partition coefficient (Wildman–Crippen LogP) is 5.12. The van der Waals surface area contributed by atoms with Crippen LogP contribution >= 0.6 is 11.8 Å². The van der Waals surface area contributed by atoms with Gasteiger partial charge in [0, 0.05) is 4.75 Å². The summed E-state index contributed by atoms with van der Waals surface area (Å²) in [6.07, 6.45) is 5.41. The molecule has 0 atom stereocenters. The van der Waals surface area contributed by atoms with Gasteiger partial charge in [-0.05, 0) is 24.0 Å². The zero-order valence-electron chi connectivity index (χ0n) is 10.9. The minimum atomic E-state index is 0.450. The molecule has 0 aromatic rings. The molecule has 0 bridgehead atoms. The second-order valence-electron chi connectivity index (χ2n) is 6.05. The van der Waals surface area contributed by atoms with Gasteiger partial charge in [-0.25, -0.2) is 0 Å². The molecule has 0 nitrogen and oxygen atoms in total. The first-order valence-corrected chi connectivity index (χ1v) is 6.89. The fourth-order valence-corrected chi connectivity index (χ4v) is 3.46. The predicted molar refractivity (Wildman–Crippen MR) is 70.1 cm³/mol. The van der Waals surface area contributed by atoms with E-state index in [1.165, 1.54) is 31.4 Å². The minimum absolute atomic E-state index is 0.450. The number of hydrogen-bond acceptors (Lipinski definition) is 1. The molecule has 14 heavy (non-hydrogen) atoms. The van der Waals surface area contributed by atoms with Gasteiger partial charge in [0.25, 0.3) is 0 Å². The van der Waals surface area contributed by atoms with Crippen molar-refractivity contribution >= 4 is 11.8 Å². The molecule has 0 unspecified atom stereocenters. The maximum atomic E-state index is 2.38. The third-order valence-electron chi connectivity index (χ3n) is 2.20. The summed E-state index contributed by atoms with van der Waals surface area (Å²) in [4.78, 5) is 0. The molecule has 0 radical (unpaired) electrons. The first-order chi connectivity index (χ1) is 6.27. The lowest BCUT2D eigenvalue weighted by Crippen LogP contribution is -2.23. The van der Waals surface area contributed by atoms with Crippen LogP contribution in [0, 0.1) is 5.41 Å². The van der Waals surface area contributed by atoms with Crippen LogP contribution in [-0.2, 0) is 0 Å². The number of hydrogen-bond donors (Lipinski definition) is 0. The van der Waals surface area contributed by atoms with E-state index in [0.717, 1.165) is 0 Å². The Hall–Kier alpha value is 0.350. The first kappa shape index (κ1) is 14.3. The lowest BCUT2D eigenvalue weighted by Gasteiger charge is -2.32. The van der Waals surface area contributed by atoms with Crippen LogP contribution in [0.1, 0.15) is 67.2 Å². The van der Waals surface area contributed by atoms with E-state index in [1.807, 2.05) is 0 Å². The van der Waals surface area contributed by atoms with Crippen LogP contribution < -0.4 is 0 Å². The highest BCUT2D eigenvalue weighted by Crippen LogP contribution is 2.36. The van der Waals surface area contributed by atoms with Gasteiger partial charge in [0.1, 0.15) is 0 Å². The molecule has 0 aromatic carbocycles. The molecule has 0 amide bonds. The largest absolute Gasteiger partial charge is 0.156 e. The van der Waals surface area contributed by atoms with Gasteiger partial charge in [0.15, 0.2) is 0 Å². The van der Waals surface area contributed by atoms with Crippen LogP contribution in [0.15, 0.2) is 0 Å². The Labute approximate surface area is 95.2 Å². The van der Waals surface area contributed by atoms with Crippen molar-refractivity contribution in [3.05, 3.63) is 0 Å². The summed E-state index contributed by atoms with van der Waals surface area (Å²) in [6, 6.07) is 0. The van der Waals surface area contributed by atoms with Crippen molar-refractivity contribution in [3.63, 3.8) is 0 Å². The van der Waals surface area contributed by atoms with Gasteiger partial charge in [-0.3, -0.25) is 0 Å². The Bertz CT molecular complexity index is 142. The Morgan fingerprint density at radius 3 is 1.93 bits per heavy atom. The number of unbranched alkanes of at least 4 members (excludes halogenated alkanes) is 2. The second-order valence-corrected chi connectivity index (χ2v) is 7.85. The van der Waals surface area contributed by atoms with Crippen molar-refractivity contribution in [2.24, 2.45) is 5.41 Å². The summed E-state index contributed by atoms with van der Waals surface area (Å²) in [5.74, 6) is 1.33. The van der Waals surface area contributed by atoms with Crippen LogP contribution in [0.25, 0.3) is 0 Å². The third-order valence-corrected chi connectivity index (χ3v) is 3.62. The summed E-state index contributed by atoms with van der Waals surface area (Å²) >= 11 is 2.15. The van der Waals surface area contributed by atoms with E-state index in [4.69, 9.17) is 0 Å². The van der Waals surface area contributed by atoms with Crippen LogP contribution in [0.3, 0.4) is 0 Å². The smallest absolute Gasteiger partial charge is 0.0108 e. The van der Waals surface area contributed by atoms with Crippen LogP contribution in [0.5, 0.6) is 0 Å². The maximum Gasteiger partial charge on any atom is 0.0108 e. The summed E-state index contributed by atoms with van der Waals surface area (Å²) in [5.41, 5.74) is 0.460. The van der Waals surface area contributed by atoms with E-state index in [1.54, 1.807) is 0 Å². The van der Waals surface area contributed by atoms with E-state index in [0.29, 0.717) is 10.2 Å². The molecule has 0 saturated carbocycles. The topological polar surface area (TPSA) is 0 Å². The molecule has 0 aliphatic rings. The molecular weight excluding hydrogens is 188 g/mol. The fraction of sp³-hybridized carbons (Fsp3) is 1.00. The average Bonchev–Trinajstić information content (AvgIpc) is 1.93. The molecule has 86 valence electrons. The van der Waals surface area contributed by atoms with Crippen LogP contribution in [0.2, 0.25) is 0 Å². The first-order valence-electron chi connectivity index (χ1n) is 5.91.